The maximum Gasteiger partial charge on any atom is 0.0641 e. The minimum atomic E-state index is 0.970. The molecule has 1 heterocycles. The van der Waals surface area contributed by atoms with E-state index in [-0.39, 0.29) is 0 Å². The third-order valence-corrected chi connectivity index (χ3v) is 4.41. The normalized spacial score (nSPS) is 17.3. The number of hydrogen-bond acceptors (Lipinski definition) is 2. The van der Waals surface area contributed by atoms with Crippen molar-refractivity contribution >= 4 is 0 Å². The quantitative estimate of drug-likeness (QED) is 0.813. The van der Waals surface area contributed by atoms with Gasteiger partial charge in [-0.3, -0.25) is 4.68 Å². The maximum atomic E-state index is 4.46. The molecule has 0 bridgehead atoms. The molecule has 0 unspecified atom stereocenters. The van der Waals surface area contributed by atoms with Crippen LogP contribution >= 0.6 is 0 Å². The van der Waals surface area contributed by atoms with E-state index in [1.807, 2.05) is 11.7 Å². The summed E-state index contributed by atoms with van der Waals surface area (Å²) >= 11 is 0. The van der Waals surface area contributed by atoms with E-state index in [2.05, 4.69) is 24.3 Å². The highest BCUT2D eigenvalue weighted by molar-refractivity contribution is 5.23. The molecule has 0 saturated heterocycles. The zero-order valence-corrected chi connectivity index (χ0v) is 12.1. The van der Waals surface area contributed by atoms with Crippen molar-refractivity contribution in [1.82, 2.24) is 15.1 Å². The Morgan fingerprint density at radius 2 is 1.94 bits per heavy atom. The first-order valence-electron chi connectivity index (χ1n) is 7.38. The minimum absolute atomic E-state index is 0.970. The highest BCUT2D eigenvalue weighted by atomic mass is 15.3. The van der Waals surface area contributed by atoms with E-state index >= 15 is 0 Å². The van der Waals surface area contributed by atoms with Gasteiger partial charge in [0.15, 0.2) is 0 Å². The summed E-state index contributed by atoms with van der Waals surface area (Å²) in [6.45, 7) is 6.37. The molecule has 2 rings (SSSR count). The molecule has 1 aromatic rings. The van der Waals surface area contributed by atoms with E-state index in [0.717, 1.165) is 19.0 Å². The van der Waals surface area contributed by atoms with Crippen LogP contribution in [0.15, 0.2) is 0 Å². The Morgan fingerprint density at radius 1 is 1.22 bits per heavy atom. The van der Waals surface area contributed by atoms with Gasteiger partial charge in [-0.15, -0.1) is 0 Å². The Morgan fingerprint density at radius 3 is 2.56 bits per heavy atom. The van der Waals surface area contributed by atoms with Gasteiger partial charge in [0.2, 0.25) is 0 Å². The molecule has 0 spiro atoms. The Hall–Kier alpha value is -0.830. The van der Waals surface area contributed by atoms with E-state index < -0.39 is 0 Å². The second-order valence-electron chi connectivity index (χ2n) is 5.74. The van der Waals surface area contributed by atoms with E-state index in [1.165, 1.54) is 55.5 Å². The van der Waals surface area contributed by atoms with Crippen LogP contribution in [-0.4, -0.2) is 16.3 Å². The van der Waals surface area contributed by atoms with E-state index in [9.17, 15) is 0 Å². The predicted molar refractivity (Wildman–Crippen MR) is 75.6 cm³/mol. The van der Waals surface area contributed by atoms with Crippen LogP contribution in [0.4, 0.5) is 0 Å². The molecule has 102 valence electrons. The van der Waals surface area contributed by atoms with E-state index in [4.69, 9.17) is 0 Å². The van der Waals surface area contributed by atoms with Crippen molar-refractivity contribution in [1.29, 1.82) is 0 Å². The van der Waals surface area contributed by atoms with Gasteiger partial charge in [0.05, 0.1) is 5.69 Å². The van der Waals surface area contributed by atoms with Gasteiger partial charge in [0, 0.05) is 24.8 Å². The van der Waals surface area contributed by atoms with Gasteiger partial charge in [-0.05, 0) is 32.7 Å². The minimum Gasteiger partial charge on any atom is -0.313 e. The largest absolute Gasteiger partial charge is 0.313 e. The lowest BCUT2D eigenvalue weighted by Crippen LogP contribution is -2.19. The molecule has 1 aliphatic rings. The van der Waals surface area contributed by atoms with Gasteiger partial charge < -0.3 is 5.32 Å². The molecule has 0 radical (unpaired) electrons. The fourth-order valence-corrected chi connectivity index (χ4v) is 3.07. The number of nitrogens with zero attached hydrogens (tertiary/aromatic N) is 2. The number of rotatable bonds is 5. The highest BCUT2D eigenvalue weighted by Crippen LogP contribution is 2.25. The van der Waals surface area contributed by atoms with Crippen molar-refractivity contribution in [3.8, 4) is 0 Å². The van der Waals surface area contributed by atoms with Crippen molar-refractivity contribution in [2.45, 2.75) is 58.9 Å². The van der Waals surface area contributed by atoms with Crippen molar-refractivity contribution in [3.63, 3.8) is 0 Å². The predicted octanol–water partition coefficient (Wildman–Crippen LogP) is 3.10. The molecule has 18 heavy (non-hydrogen) atoms. The molecule has 0 amide bonds. The Balaban J connectivity index is 1.71. The van der Waals surface area contributed by atoms with Crippen LogP contribution in [0, 0.1) is 19.8 Å². The fraction of sp³-hybridized carbons (Fsp3) is 0.800. The number of aromatic nitrogens is 2. The molecule has 3 nitrogen and oxygen atoms in total. The van der Waals surface area contributed by atoms with Crippen molar-refractivity contribution in [2.75, 3.05) is 6.54 Å². The van der Waals surface area contributed by atoms with Crippen LogP contribution in [0.3, 0.4) is 0 Å². The first-order chi connectivity index (χ1) is 8.68. The van der Waals surface area contributed by atoms with Gasteiger partial charge in [-0.1, -0.05) is 32.1 Å². The second kappa shape index (κ2) is 6.37. The fourth-order valence-electron chi connectivity index (χ4n) is 3.07. The monoisotopic (exact) mass is 249 g/mol. The van der Waals surface area contributed by atoms with Crippen LogP contribution in [0.1, 0.15) is 55.5 Å². The summed E-state index contributed by atoms with van der Waals surface area (Å²) in [6.07, 6.45) is 8.60. The molecule has 1 N–H and O–H groups in total. The molecule has 0 atom stereocenters. The standard InChI is InChI=1S/C15H27N3/c1-12-15(13(2)18(3)17-12)11-16-10-9-14-7-5-4-6-8-14/h14,16H,4-11H2,1-3H3. The summed E-state index contributed by atoms with van der Waals surface area (Å²) < 4.78 is 1.98. The Labute approximate surface area is 111 Å². The number of nitrogens with one attached hydrogen (secondary N) is 1. The van der Waals surface area contributed by atoms with Gasteiger partial charge in [0.25, 0.3) is 0 Å². The SMILES string of the molecule is Cc1nn(C)c(C)c1CNCCC1CCCCC1. The molecular weight excluding hydrogens is 222 g/mol. The second-order valence-corrected chi connectivity index (χ2v) is 5.74. The third kappa shape index (κ3) is 3.35. The summed E-state index contributed by atoms with van der Waals surface area (Å²) in [5.41, 5.74) is 3.83. The lowest BCUT2D eigenvalue weighted by atomic mass is 9.87. The first kappa shape index (κ1) is 13.6. The molecule has 0 aliphatic heterocycles. The van der Waals surface area contributed by atoms with Crippen molar-refractivity contribution in [3.05, 3.63) is 17.0 Å². The molecule has 3 heteroatoms. The van der Waals surface area contributed by atoms with E-state index in [0.29, 0.717) is 0 Å². The smallest absolute Gasteiger partial charge is 0.0641 e. The van der Waals surface area contributed by atoms with Crippen molar-refractivity contribution < 1.29 is 0 Å². The summed E-state index contributed by atoms with van der Waals surface area (Å²) in [6, 6.07) is 0. The van der Waals surface area contributed by atoms with Gasteiger partial charge >= 0.3 is 0 Å². The number of aryl methyl sites for hydroxylation is 2. The molecule has 0 aromatic carbocycles. The van der Waals surface area contributed by atoms with E-state index in [1.54, 1.807) is 0 Å². The highest BCUT2D eigenvalue weighted by Gasteiger charge is 2.13. The van der Waals surface area contributed by atoms with Gasteiger partial charge in [-0.25, -0.2) is 0 Å². The van der Waals surface area contributed by atoms with Crippen molar-refractivity contribution in [2.24, 2.45) is 13.0 Å². The lowest BCUT2D eigenvalue weighted by Gasteiger charge is -2.21. The first-order valence-corrected chi connectivity index (χ1v) is 7.38. The van der Waals surface area contributed by atoms with Gasteiger partial charge in [0.1, 0.15) is 0 Å². The summed E-state index contributed by atoms with van der Waals surface area (Å²) in [4.78, 5) is 0. The topological polar surface area (TPSA) is 29.9 Å². The Kier molecular flexibility index (Phi) is 4.81. The van der Waals surface area contributed by atoms with Crippen LogP contribution in [0.25, 0.3) is 0 Å². The molecule has 1 saturated carbocycles. The number of hydrogen-bond donors (Lipinski definition) is 1. The summed E-state index contributed by atoms with van der Waals surface area (Å²) in [5.74, 6) is 0.974. The lowest BCUT2D eigenvalue weighted by molar-refractivity contribution is 0.334. The molecule has 1 aromatic heterocycles. The average Bonchev–Trinajstić information content (AvgIpc) is 2.61. The summed E-state index contributed by atoms with van der Waals surface area (Å²) in [7, 11) is 2.02. The van der Waals surface area contributed by atoms with Crippen LogP contribution in [0.5, 0.6) is 0 Å². The summed E-state index contributed by atoms with van der Waals surface area (Å²) in [5, 5.41) is 8.05. The zero-order chi connectivity index (χ0) is 13.0. The maximum absolute atomic E-state index is 4.46. The molecular formula is C15H27N3. The average molecular weight is 249 g/mol. The van der Waals surface area contributed by atoms with Gasteiger partial charge in [-0.2, -0.15) is 5.10 Å². The van der Waals surface area contributed by atoms with Crippen LogP contribution < -0.4 is 5.32 Å². The third-order valence-electron chi connectivity index (χ3n) is 4.41. The Bertz CT molecular complexity index is 375. The van der Waals surface area contributed by atoms with Crippen LogP contribution in [0.2, 0.25) is 0 Å². The molecule has 1 fully saturated rings. The van der Waals surface area contributed by atoms with Crippen LogP contribution in [-0.2, 0) is 13.6 Å². The zero-order valence-electron chi connectivity index (χ0n) is 12.1. The molecule has 1 aliphatic carbocycles.